The average Bonchev–Trinajstić information content (AvgIpc) is 2.76. The number of nitrogens with zero attached hydrogens (tertiary/aromatic N) is 4. The van der Waals surface area contributed by atoms with Crippen molar-refractivity contribution >= 4 is 23.6 Å². The molecule has 4 rings (SSSR count). The van der Waals surface area contributed by atoms with Crippen LogP contribution in [-0.2, 0) is 9.59 Å². The number of nitrogens with two attached hydrogens (primary N) is 1. The second-order valence-electron chi connectivity index (χ2n) is 7.87. The summed E-state index contributed by atoms with van der Waals surface area (Å²) >= 11 is 0. The summed E-state index contributed by atoms with van der Waals surface area (Å²) < 4.78 is 14.5. The second kappa shape index (κ2) is 8.73. The molecule has 2 amide bonds. The van der Waals surface area contributed by atoms with E-state index in [1.165, 1.54) is 0 Å². The number of hydrogen-bond donors (Lipinski definition) is 2. The number of anilines is 2. The highest BCUT2D eigenvalue weighted by Crippen LogP contribution is 2.27. The number of nitrogens with one attached hydrogen (secondary N) is 1. The van der Waals surface area contributed by atoms with Gasteiger partial charge in [-0.05, 0) is 50.7 Å². The molecule has 0 radical (unpaired) electrons. The van der Waals surface area contributed by atoms with Crippen LogP contribution in [0.1, 0.15) is 44.9 Å². The van der Waals surface area contributed by atoms with Gasteiger partial charge >= 0.3 is 0 Å². The summed E-state index contributed by atoms with van der Waals surface area (Å²) in [4.78, 5) is 38.1. The fourth-order valence-corrected chi connectivity index (χ4v) is 4.07. The zero-order chi connectivity index (χ0) is 21.1. The van der Waals surface area contributed by atoms with E-state index in [2.05, 4.69) is 20.3 Å². The van der Waals surface area contributed by atoms with E-state index < -0.39 is 5.82 Å². The van der Waals surface area contributed by atoms with Gasteiger partial charge in [0.05, 0.1) is 11.9 Å². The van der Waals surface area contributed by atoms with E-state index in [1.807, 2.05) is 0 Å². The van der Waals surface area contributed by atoms with Crippen LogP contribution < -0.4 is 16.0 Å². The largest absolute Gasteiger partial charge is 0.369 e. The van der Waals surface area contributed by atoms with Crippen LogP contribution in [0.5, 0.6) is 0 Å². The Morgan fingerprint density at radius 1 is 1.17 bits per heavy atom. The molecular weight excluding hydrogens is 387 g/mol. The van der Waals surface area contributed by atoms with Crippen molar-refractivity contribution in [3.63, 3.8) is 0 Å². The van der Waals surface area contributed by atoms with Crippen molar-refractivity contribution in [2.45, 2.75) is 51.0 Å². The molecule has 30 heavy (non-hydrogen) atoms. The molecule has 2 fully saturated rings. The van der Waals surface area contributed by atoms with Crippen molar-refractivity contribution in [3.05, 3.63) is 30.2 Å². The zero-order valence-corrected chi connectivity index (χ0v) is 16.7. The van der Waals surface area contributed by atoms with Gasteiger partial charge in [-0.1, -0.05) is 6.07 Å². The highest BCUT2D eigenvalue weighted by Gasteiger charge is 2.26. The van der Waals surface area contributed by atoms with Gasteiger partial charge in [0.1, 0.15) is 11.5 Å². The van der Waals surface area contributed by atoms with Crippen molar-refractivity contribution in [2.75, 3.05) is 16.8 Å². The number of amides is 2. The van der Waals surface area contributed by atoms with E-state index in [4.69, 9.17) is 5.73 Å². The van der Waals surface area contributed by atoms with Crippen LogP contribution in [-0.4, -0.2) is 39.4 Å². The smallest absolute Gasteiger partial charge is 0.228 e. The van der Waals surface area contributed by atoms with E-state index in [-0.39, 0.29) is 29.5 Å². The minimum atomic E-state index is -0.576. The molecule has 8 nitrogen and oxygen atoms in total. The number of primary amides is 1. The van der Waals surface area contributed by atoms with Crippen molar-refractivity contribution in [2.24, 2.45) is 11.7 Å². The molecule has 1 aliphatic carbocycles. The molecule has 1 saturated carbocycles. The fraction of sp³-hybridized carbons (Fsp3) is 0.476. The Balaban J connectivity index is 1.52. The zero-order valence-electron chi connectivity index (χ0n) is 16.7. The van der Waals surface area contributed by atoms with Crippen molar-refractivity contribution < 1.29 is 14.0 Å². The third kappa shape index (κ3) is 4.39. The third-order valence-electron chi connectivity index (χ3n) is 5.78. The lowest BCUT2D eigenvalue weighted by Crippen LogP contribution is -2.35. The molecule has 0 aromatic carbocycles. The van der Waals surface area contributed by atoms with Gasteiger partial charge in [0, 0.05) is 24.9 Å². The second-order valence-corrected chi connectivity index (χ2v) is 7.87. The van der Waals surface area contributed by atoms with Gasteiger partial charge in [0.2, 0.25) is 17.8 Å². The predicted octanol–water partition coefficient (Wildman–Crippen LogP) is 2.65. The van der Waals surface area contributed by atoms with Gasteiger partial charge in [-0.2, -0.15) is 0 Å². The van der Waals surface area contributed by atoms with Crippen LogP contribution in [0.2, 0.25) is 0 Å². The molecule has 3 N–H and O–H groups in total. The molecule has 0 bridgehead atoms. The summed E-state index contributed by atoms with van der Waals surface area (Å²) in [6.07, 6.45) is 6.41. The number of rotatable bonds is 5. The minimum absolute atomic E-state index is 0.0305. The van der Waals surface area contributed by atoms with Gasteiger partial charge in [0.25, 0.3) is 0 Å². The lowest BCUT2D eigenvalue weighted by Gasteiger charge is -2.27. The third-order valence-corrected chi connectivity index (χ3v) is 5.78. The Hall–Kier alpha value is -3.10. The minimum Gasteiger partial charge on any atom is -0.369 e. The first-order chi connectivity index (χ1) is 14.5. The number of halogens is 1. The normalized spacial score (nSPS) is 22.0. The van der Waals surface area contributed by atoms with Gasteiger partial charge in [0.15, 0.2) is 5.82 Å². The Labute approximate surface area is 174 Å². The summed E-state index contributed by atoms with van der Waals surface area (Å²) in [5.74, 6) is -0.0654. The Kier molecular flexibility index (Phi) is 5.87. The molecule has 0 spiro atoms. The maximum Gasteiger partial charge on any atom is 0.228 e. The van der Waals surface area contributed by atoms with Gasteiger partial charge in [-0.15, -0.1) is 0 Å². The first kappa shape index (κ1) is 20.2. The number of pyridine rings is 1. The molecule has 1 aliphatic heterocycles. The molecule has 1 saturated heterocycles. The molecule has 2 aromatic rings. The number of piperidine rings is 1. The Morgan fingerprint density at radius 2 is 1.97 bits per heavy atom. The molecule has 3 heterocycles. The van der Waals surface area contributed by atoms with Crippen LogP contribution in [0.3, 0.4) is 0 Å². The number of aromatic nitrogens is 3. The standard InChI is InChI=1S/C21H25FN6O2/c22-15-12-24-21(25-14-9-7-13(8-10-14)20(23)30)27-19(15)16-4-3-5-17(26-16)28-11-2-1-6-18(28)29/h3-5,12-14H,1-2,6-11H2,(H2,23,30)(H,24,25,27)/t13-,14-. The molecule has 0 unspecified atom stereocenters. The van der Waals surface area contributed by atoms with E-state index in [0.29, 0.717) is 43.3 Å². The van der Waals surface area contributed by atoms with Gasteiger partial charge in [-0.25, -0.2) is 19.3 Å². The molecule has 2 aromatic heterocycles. The molecule has 0 atom stereocenters. The van der Waals surface area contributed by atoms with Crippen LogP contribution >= 0.6 is 0 Å². The fourth-order valence-electron chi connectivity index (χ4n) is 4.07. The maximum atomic E-state index is 14.5. The summed E-state index contributed by atoms with van der Waals surface area (Å²) in [7, 11) is 0. The van der Waals surface area contributed by atoms with Crippen molar-refractivity contribution in [1.82, 2.24) is 15.0 Å². The number of carbonyl (C=O) groups excluding carboxylic acids is 2. The predicted molar refractivity (Wildman–Crippen MR) is 110 cm³/mol. The molecule has 2 aliphatic rings. The monoisotopic (exact) mass is 412 g/mol. The van der Waals surface area contributed by atoms with Crippen LogP contribution in [0.25, 0.3) is 11.4 Å². The Morgan fingerprint density at radius 3 is 2.70 bits per heavy atom. The molecule has 9 heteroatoms. The first-order valence-electron chi connectivity index (χ1n) is 10.4. The Bertz CT molecular complexity index is 945. The first-order valence-corrected chi connectivity index (χ1v) is 10.4. The average molecular weight is 412 g/mol. The van der Waals surface area contributed by atoms with Crippen LogP contribution in [0.4, 0.5) is 16.2 Å². The van der Waals surface area contributed by atoms with Gasteiger partial charge < -0.3 is 11.1 Å². The SMILES string of the molecule is NC(=O)[C@H]1CC[C@H](Nc2ncc(F)c(-c3cccc(N4CCCCC4=O)n3)n2)CC1. The lowest BCUT2D eigenvalue weighted by atomic mass is 9.86. The topological polar surface area (TPSA) is 114 Å². The lowest BCUT2D eigenvalue weighted by molar-refractivity contribution is -0.122. The summed E-state index contributed by atoms with van der Waals surface area (Å²) in [6.45, 7) is 0.613. The van der Waals surface area contributed by atoms with E-state index in [9.17, 15) is 14.0 Å². The quantitative estimate of drug-likeness (QED) is 0.780. The summed E-state index contributed by atoms with van der Waals surface area (Å²) in [5.41, 5.74) is 5.82. The highest BCUT2D eigenvalue weighted by molar-refractivity contribution is 5.93. The maximum absolute atomic E-state index is 14.5. The summed E-state index contributed by atoms with van der Waals surface area (Å²) in [5, 5.41) is 3.23. The van der Waals surface area contributed by atoms with Crippen molar-refractivity contribution in [1.29, 1.82) is 0 Å². The summed E-state index contributed by atoms with van der Waals surface area (Å²) in [6, 6.07) is 5.27. The van der Waals surface area contributed by atoms with Crippen LogP contribution in [0, 0.1) is 11.7 Å². The van der Waals surface area contributed by atoms with E-state index >= 15 is 0 Å². The number of hydrogen-bond acceptors (Lipinski definition) is 6. The molecular formula is C21H25FN6O2. The van der Waals surface area contributed by atoms with Crippen molar-refractivity contribution in [3.8, 4) is 11.4 Å². The van der Waals surface area contributed by atoms with E-state index in [1.54, 1.807) is 23.1 Å². The van der Waals surface area contributed by atoms with Crippen LogP contribution in [0.15, 0.2) is 24.4 Å². The molecule has 158 valence electrons. The highest BCUT2D eigenvalue weighted by atomic mass is 19.1. The van der Waals surface area contributed by atoms with Gasteiger partial charge in [-0.3, -0.25) is 14.5 Å². The van der Waals surface area contributed by atoms with E-state index in [0.717, 1.165) is 31.9 Å². The number of carbonyl (C=O) groups is 2.